The van der Waals surface area contributed by atoms with Crippen molar-refractivity contribution in [2.45, 2.75) is 23.1 Å². The zero-order valence-corrected chi connectivity index (χ0v) is 17.7. The molecule has 24 heavy (non-hydrogen) atoms. The van der Waals surface area contributed by atoms with Crippen LogP contribution in [0, 0.1) is 0 Å². The maximum atomic E-state index is 5.65. The summed E-state index contributed by atoms with van der Waals surface area (Å²) in [5.74, 6) is 11.9. The van der Waals surface area contributed by atoms with Crippen molar-refractivity contribution in [2.24, 2.45) is 0 Å². The van der Waals surface area contributed by atoms with Crippen LogP contribution in [0.5, 0.6) is 23.0 Å². The lowest BCUT2D eigenvalue weighted by Gasteiger charge is -2.11. The molecule has 2 aromatic carbocycles. The normalized spacial score (nSPS) is 9.25. The van der Waals surface area contributed by atoms with Crippen molar-refractivity contribution >= 4 is 29.0 Å². The van der Waals surface area contributed by atoms with Gasteiger partial charge in [-0.2, -0.15) is 0 Å². The highest BCUT2D eigenvalue weighted by Crippen LogP contribution is 2.26. The highest BCUT2D eigenvalue weighted by atomic mass is 27.2. The zero-order valence-electron chi connectivity index (χ0n) is 15.4. The Hall–Kier alpha value is -1.30. The second kappa shape index (κ2) is 11.3. The van der Waals surface area contributed by atoms with Crippen LogP contribution in [0.2, 0.25) is 23.1 Å². The van der Waals surface area contributed by atoms with Gasteiger partial charge in [-0.3, -0.25) is 0 Å². The van der Waals surface area contributed by atoms with Crippen molar-refractivity contribution in [2.75, 3.05) is 14.2 Å². The number of hydrogen-bond donors (Lipinski definition) is 0. The van der Waals surface area contributed by atoms with Gasteiger partial charge in [-0.15, -0.1) is 0 Å². The molecule has 0 bridgehead atoms. The summed E-state index contributed by atoms with van der Waals surface area (Å²) in [7, 11) is 3.31. The monoisotopic (exact) mass is 360 g/mol. The van der Waals surface area contributed by atoms with Crippen molar-refractivity contribution in [3.8, 4) is 23.0 Å². The molecule has 0 atom stereocenters. The summed E-state index contributed by atoms with van der Waals surface area (Å²) in [4.78, 5) is 0. The van der Waals surface area contributed by atoms with Crippen LogP contribution in [0.25, 0.3) is 0 Å². The summed E-state index contributed by atoms with van der Waals surface area (Å²) in [5.41, 5.74) is 0. The molecule has 0 aliphatic heterocycles. The molecule has 0 saturated carbocycles. The standard InChI is InChI=1S/2C7H8O2.4CH3.2Al/c2*1-9-7-5-3-2-4-6(7)8;;;;;;/h2*2-5,8H,1H3;4*1H3;;/q;;;;;;2*+1/p-2. The number of rotatable bonds is 6. The Bertz CT molecular complexity index is 550. The molecule has 0 fully saturated rings. The molecule has 0 aliphatic carbocycles. The molecule has 0 aromatic heterocycles. The topological polar surface area (TPSA) is 36.9 Å². The summed E-state index contributed by atoms with van der Waals surface area (Å²) in [6, 6.07) is 15.5. The molecule has 128 valence electrons. The Balaban J connectivity index is 0.000000240. The summed E-state index contributed by atoms with van der Waals surface area (Å²) in [6.45, 7) is 0. The maximum absolute atomic E-state index is 5.65. The van der Waals surface area contributed by atoms with E-state index in [9.17, 15) is 0 Å². The highest BCUT2D eigenvalue weighted by molar-refractivity contribution is 6.49. The predicted molar refractivity (Wildman–Crippen MR) is 102 cm³/mol. The van der Waals surface area contributed by atoms with E-state index in [1.165, 1.54) is 0 Å². The van der Waals surface area contributed by atoms with Crippen LogP contribution in [0.15, 0.2) is 48.5 Å². The van der Waals surface area contributed by atoms with Gasteiger partial charge in [0.25, 0.3) is 0 Å². The van der Waals surface area contributed by atoms with Gasteiger partial charge >= 0.3 is 29.0 Å². The van der Waals surface area contributed by atoms with Crippen molar-refractivity contribution in [1.82, 2.24) is 0 Å². The van der Waals surface area contributed by atoms with Gasteiger partial charge in [0.2, 0.25) is 0 Å². The van der Waals surface area contributed by atoms with Crippen LogP contribution < -0.4 is 17.1 Å². The highest BCUT2D eigenvalue weighted by Gasteiger charge is 2.10. The fraction of sp³-hybridized carbons (Fsp3) is 0.333. The van der Waals surface area contributed by atoms with E-state index in [2.05, 4.69) is 23.1 Å². The van der Waals surface area contributed by atoms with E-state index in [0.29, 0.717) is 0 Å². The third-order valence-electron chi connectivity index (χ3n) is 2.86. The van der Waals surface area contributed by atoms with E-state index in [4.69, 9.17) is 17.1 Å². The molecule has 0 aliphatic rings. The predicted octanol–water partition coefficient (Wildman–Crippen LogP) is 4.65. The fourth-order valence-electron chi connectivity index (χ4n) is 1.94. The van der Waals surface area contributed by atoms with Gasteiger partial charge < -0.3 is 17.1 Å². The third kappa shape index (κ3) is 7.52. The van der Waals surface area contributed by atoms with Gasteiger partial charge in [-0.1, -0.05) is 47.4 Å². The van der Waals surface area contributed by atoms with Gasteiger partial charge in [0, 0.05) is 0 Å². The summed E-state index contributed by atoms with van der Waals surface area (Å²) in [6.07, 6.45) is 0. The van der Waals surface area contributed by atoms with Crippen LogP contribution in [-0.2, 0) is 0 Å². The molecule has 0 unspecified atom stereocenters. The minimum Gasteiger partial charge on any atom is -0.640 e. The smallest absolute Gasteiger partial charge is 0.540 e. The lowest BCUT2D eigenvalue weighted by molar-refractivity contribution is 0.394. The summed E-state index contributed by atoms with van der Waals surface area (Å²) >= 11 is -2.04. The minimum atomic E-state index is -1.02. The molecule has 2 rings (SSSR count). The largest absolute Gasteiger partial charge is 0.640 e. The van der Waals surface area contributed by atoms with Gasteiger partial charge in [-0.05, 0) is 24.3 Å². The van der Waals surface area contributed by atoms with Gasteiger partial charge in [0.1, 0.15) is 11.5 Å². The molecule has 2 aromatic rings. The van der Waals surface area contributed by atoms with E-state index in [-0.39, 0.29) is 0 Å². The number of benzene rings is 2. The van der Waals surface area contributed by atoms with Crippen LogP contribution >= 0.6 is 0 Å². The number of para-hydroxylation sites is 4. The van der Waals surface area contributed by atoms with Crippen LogP contribution in [0.4, 0.5) is 0 Å². The second-order valence-electron chi connectivity index (χ2n) is 5.63. The Morgan fingerprint density at radius 2 is 0.833 bits per heavy atom. The molecule has 4 nitrogen and oxygen atoms in total. The third-order valence-corrected chi connectivity index (χ3v) is 4.31. The number of methoxy groups -OCH3 is 2. The second-order valence-corrected chi connectivity index (χ2v) is 10.3. The first-order valence-electron chi connectivity index (χ1n) is 8.07. The van der Waals surface area contributed by atoms with Gasteiger partial charge in [0.15, 0.2) is 11.5 Å². The van der Waals surface area contributed by atoms with Crippen LogP contribution in [0.3, 0.4) is 0 Å². The first kappa shape index (κ1) is 20.7. The SMILES string of the molecule is COc1ccccc1[O][Al]([CH3])[CH3].COc1ccccc1[O][Al]([CH3])[CH3]. The van der Waals surface area contributed by atoms with Gasteiger partial charge in [0.05, 0.1) is 14.2 Å². The van der Waals surface area contributed by atoms with E-state index in [0.717, 1.165) is 23.0 Å². The number of ether oxygens (including phenoxy) is 2. The molecular formula is C18H26Al2O4. The molecule has 0 heterocycles. The van der Waals surface area contributed by atoms with Crippen molar-refractivity contribution in [1.29, 1.82) is 0 Å². The Labute approximate surface area is 154 Å². The molecule has 6 heteroatoms. The van der Waals surface area contributed by atoms with E-state index in [1.807, 2.05) is 48.5 Å². The molecule has 0 amide bonds. The van der Waals surface area contributed by atoms with Gasteiger partial charge in [-0.25, -0.2) is 0 Å². The Morgan fingerprint density at radius 1 is 0.542 bits per heavy atom. The van der Waals surface area contributed by atoms with Crippen LogP contribution in [0.1, 0.15) is 0 Å². The first-order valence-corrected chi connectivity index (χ1v) is 13.6. The first-order chi connectivity index (χ1) is 11.5. The summed E-state index contributed by atoms with van der Waals surface area (Å²) in [5, 5.41) is 0. The molecule has 0 N–H and O–H groups in total. The van der Waals surface area contributed by atoms with Crippen molar-refractivity contribution in [3.63, 3.8) is 0 Å². The van der Waals surface area contributed by atoms with Crippen molar-refractivity contribution in [3.05, 3.63) is 48.5 Å². The maximum Gasteiger partial charge on any atom is 0.540 e. The lowest BCUT2D eigenvalue weighted by Crippen LogP contribution is -2.11. The average molecular weight is 360 g/mol. The molecular weight excluding hydrogens is 334 g/mol. The quantitative estimate of drug-likeness (QED) is 0.703. The Morgan fingerprint density at radius 3 is 1.08 bits per heavy atom. The van der Waals surface area contributed by atoms with E-state index >= 15 is 0 Å². The van der Waals surface area contributed by atoms with E-state index in [1.54, 1.807) is 14.2 Å². The fourth-order valence-corrected chi connectivity index (χ4v) is 3.35. The summed E-state index contributed by atoms with van der Waals surface area (Å²) < 4.78 is 21.6. The lowest BCUT2D eigenvalue weighted by atomic mass is 10.3. The molecule has 0 radical (unpaired) electrons. The van der Waals surface area contributed by atoms with E-state index < -0.39 is 29.0 Å². The Kier molecular flexibility index (Phi) is 9.76. The molecule has 0 saturated heterocycles. The average Bonchev–Trinajstić information content (AvgIpc) is 2.55. The zero-order chi connectivity index (χ0) is 17.9. The molecule has 0 spiro atoms. The number of hydrogen-bond acceptors (Lipinski definition) is 4. The van der Waals surface area contributed by atoms with Crippen LogP contribution in [-0.4, -0.2) is 43.2 Å². The van der Waals surface area contributed by atoms with Crippen molar-refractivity contribution < 1.29 is 17.1 Å². The minimum absolute atomic E-state index is 0.818.